The van der Waals surface area contributed by atoms with Crippen LogP contribution in [0.15, 0.2) is 42.1 Å². The van der Waals surface area contributed by atoms with E-state index in [9.17, 15) is 20.1 Å². The molecule has 7 heteroatoms. The fourth-order valence-electron chi connectivity index (χ4n) is 3.08. The summed E-state index contributed by atoms with van der Waals surface area (Å²) in [5, 5.41) is 19.5. The van der Waals surface area contributed by atoms with Crippen molar-refractivity contribution in [2.24, 2.45) is 11.3 Å². The molecule has 0 aliphatic carbocycles. The normalized spacial score (nSPS) is 17.9. The van der Waals surface area contributed by atoms with Crippen LogP contribution in [-0.2, 0) is 25.6 Å². The zero-order chi connectivity index (χ0) is 19.9. The molecular weight excluding hydrogens is 346 g/mol. The summed E-state index contributed by atoms with van der Waals surface area (Å²) in [4.78, 5) is 26.7. The van der Waals surface area contributed by atoms with Crippen molar-refractivity contribution in [1.82, 2.24) is 4.90 Å². The number of hydrogen-bond acceptors (Lipinski definition) is 7. The highest BCUT2D eigenvalue weighted by Crippen LogP contribution is 2.39. The maximum Gasteiger partial charge on any atom is 0.336 e. The largest absolute Gasteiger partial charge is 0.465 e. The Bertz CT molecular complexity index is 791. The molecule has 1 aromatic rings. The van der Waals surface area contributed by atoms with Crippen LogP contribution in [0.2, 0.25) is 0 Å². The van der Waals surface area contributed by atoms with Gasteiger partial charge in [-0.25, -0.2) is 4.79 Å². The number of benzene rings is 1. The molecule has 0 radical (unpaired) electrons. The van der Waals surface area contributed by atoms with E-state index in [1.807, 2.05) is 42.5 Å². The van der Waals surface area contributed by atoms with E-state index >= 15 is 0 Å². The monoisotopic (exact) mass is 367 g/mol. The number of esters is 2. The van der Waals surface area contributed by atoms with Gasteiger partial charge in [-0.2, -0.15) is 10.5 Å². The summed E-state index contributed by atoms with van der Waals surface area (Å²) in [5.41, 5.74) is -0.852. The minimum Gasteiger partial charge on any atom is -0.465 e. The van der Waals surface area contributed by atoms with Crippen molar-refractivity contribution in [1.29, 1.82) is 10.5 Å². The number of carbonyl (C=O) groups excluding carboxylic acids is 2. The molecule has 0 bridgehead atoms. The second-order valence-corrected chi connectivity index (χ2v) is 6.08. The average Bonchev–Trinajstić information content (AvgIpc) is 2.68. The van der Waals surface area contributed by atoms with Crippen LogP contribution in [0.4, 0.5) is 0 Å². The van der Waals surface area contributed by atoms with Crippen molar-refractivity contribution in [2.75, 3.05) is 19.8 Å². The van der Waals surface area contributed by atoms with Gasteiger partial charge in [-0.1, -0.05) is 30.3 Å². The number of carbonyl (C=O) groups is 2. The third-order valence-corrected chi connectivity index (χ3v) is 4.24. The molecule has 27 heavy (non-hydrogen) atoms. The zero-order valence-corrected chi connectivity index (χ0v) is 15.3. The Balaban J connectivity index is 2.51. The lowest BCUT2D eigenvalue weighted by molar-refractivity contribution is -0.153. The Morgan fingerprint density at radius 1 is 1.15 bits per heavy atom. The molecular formula is C20H21N3O4. The van der Waals surface area contributed by atoms with Crippen molar-refractivity contribution in [3.05, 3.63) is 47.7 Å². The molecule has 1 heterocycles. The molecule has 2 rings (SSSR count). The maximum absolute atomic E-state index is 12.5. The lowest BCUT2D eigenvalue weighted by atomic mass is 9.71. The van der Waals surface area contributed by atoms with Crippen LogP contribution in [0.1, 0.15) is 19.4 Å². The Kier molecular flexibility index (Phi) is 6.56. The smallest absolute Gasteiger partial charge is 0.336 e. The van der Waals surface area contributed by atoms with Crippen LogP contribution in [-0.4, -0.2) is 36.6 Å². The molecule has 0 aromatic heterocycles. The lowest BCUT2D eigenvalue weighted by Gasteiger charge is -2.38. The predicted octanol–water partition coefficient (Wildman–Crippen LogP) is 2.16. The first-order valence-corrected chi connectivity index (χ1v) is 8.67. The molecule has 0 saturated carbocycles. The van der Waals surface area contributed by atoms with Gasteiger partial charge in [-0.3, -0.25) is 4.79 Å². The quantitative estimate of drug-likeness (QED) is 0.710. The van der Waals surface area contributed by atoms with Gasteiger partial charge in [-0.05, 0) is 19.4 Å². The molecule has 0 saturated heterocycles. The van der Waals surface area contributed by atoms with Crippen LogP contribution in [0.25, 0.3) is 0 Å². The SMILES string of the molecule is CCOC(=O)C1=CN(Cc2ccccc2)CC(C#N)(C#N)C1C(=O)OCC. The molecule has 0 fully saturated rings. The highest BCUT2D eigenvalue weighted by atomic mass is 16.5. The topological polar surface area (TPSA) is 103 Å². The summed E-state index contributed by atoms with van der Waals surface area (Å²) in [5.74, 6) is -2.83. The molecule has 1 aromatic carbocycles. The third-order valence-electron chi connectivity index (χ3n) is 4.24. The van der Waals surface area contributed by atoms with Crippen LogP contribution >= 0.6 is 0 Å². The predicted molar refractivity (Wildman–Crippen MR) is 95.4 cm³/mol. The van der Waals surface area contributed by atoms with Crippen molar-refractivity contribution in [2.45, 2.75) is 20.4 Å². The summed E-state index contributed by atoms with van der Waals surface area (Å²) in [6.45, 7) is 3.80. The summed E-state index contributed by atoms with van der Waals surface area (Å²) in [7, 11) is 0. The molecule has 1 atom stereocenters. The summed E-state index contributed by atoms with van der Waals surface area (Å²) in [6, 6.07) is 13.3. The van der Waals surface area contributed by atoms with E-state index in [4.69, 9.17) is 9.47 Å². The van der Waals surface area contributed by atoms with Gasteiger partial charge in [0.1, 0.15) is 5.92 Å². The molecule has 0 amide bonds. The fraction of sp³-hybridized carbons (Fsp3) is 0.400. The molecule has 0 N–H and O–H groups in total. The van der Waals surface area contributed by atoms with Crippen molar-refractivity contribution >= 4 is 11.9 Å². The minimum absolute atomic E-state index is 0.0265. The molecule has 1 unspecified atom stereocenters. The number of nitriles is 2. The van der Waals surface area contributed by atoms with Gasteiger partial charge in [-0.15, -0.1) is 0 Å². The number of rotatable bonds is 6. The van der Waals surface area contributed by atoms with E-state index < -0.39 is 23.3 Å². The number of ether oxygens (including phenoxy) is 2. The van der Waals surface area contributed by atoms with Gasteiger partial charge in [0.25, 0.3) is 0 Å². The van der Waals surface area contributed by atoms with Crippen molar-refractivity contribution < 1.29 is 19.1 Å². The van der Waals surface area contributed by atoms with E-state index in [2.05, 4.69) is 0 Å². The molecule has 0 spiro atoms. The molecule has 1 aliphatic rings. The lowest BCUT2D eigenvalue weighted by Crippen LogP contribution is -2.49. The minimum atomic E-state index is -1.75. The summed E-state index contributed by atoms with van der Waals surface area (Å²) in [6.07, 6.45) is 1.50. The Morgan fingerprint density at radius 3 is 2.33 bits per heavy atom. The first kappa shape index (κ1) is 20.0. The molecule has 1 aliphatic heterocycles. The Labute approximate surface area is 158 Å². The Hall–Kier alpha value is -3.32. The van der Waals surface area contributed by atoms with Crippen molar-refractivity contribution in [3.63, 3.8) is 0 Å². The first-order valence-electron chi connectivity index (χ1n) is 8.67. The van der Waals surface area contributed by atoms with Crippen LogP contribution in [0.5, 0.6) is 0 Å². The number of nitrogens with zero attached hydrogens (tertiary/aromatic N) is 3. The maximum atomic E-state index is 12.5. The van der Waals surface area contributed by atoms with Crippen LogP contribution in [0.3, 0.4) is 0 Å². The Morgan fingerprint density at radius 2 is 1.78 bits per heavy atom. The second-order valence-electron chi connectivity index (χ2n) is 6.08. The van der Waals surface area contributed by atoms with E-state index in [1.165, 1.54) is 6.20 Å². The second kappa shape index (κ2) is 8.86. The summed E-state index contributed by atoms with van der Waals surface area (Å²) >= 11 is 0. The van der Waals surface area contributed by atoms with E-state index in [-0.39, 0.29) is 25.3 Å². The van der Waals surface area contributed by atoms with Crippen molar-refractivity contribution in [3.8, 4) is 12.1 Å². The highest BCUT2D eigenvalue weighted by molar-refractivity contribution is 5.97. The van der Waals surface area contributed by atoms with Gasteiger partial charge >= 0.3 is 11.9 Å². The molecule has 7 nitrogen and oxygen atoms in total. The highest BCUT2D eigenvalue weighted by Gasteiger charge is 2.53. The van der Waals surface area contributed by atoms with Gasteiger partial charge in [0, 0.05) is 12.7 Å². The van der Waals surface area contributed by atoms with Crippen LogP contribution in [0, 0.1) is 34.0 Å². The number of hydrogen-bond donors (Lipinski definition) is 0. The average molecular weight is 367 g/mol. The van der Waals surface area contributed by atoms with Crippen LogP contribution < -0.4 is 0 Å². The van der Waals surface area contributed by atoms with E-state index in [0.717, 1.165) is 5.56 Å². The zero-order valence-electron chi connectivity index (χ0n) is 15.3. The first-order chi connectivity index (χ1) is 13.0. The fourth-order valence-corrected chi connectivity index (χ4v) is 3.08. The van der Waals surface area contributed by atoms with Gasteiger partial charge < -0.3 is 14.4 Å². The summed E-state index contributed by atoms with van der Waals surface area (Å²) < 4.78 is 10.1. The third kappa shape index (κ3) is 4.27. The molecule has 140 valence electrons. The van der Waals surface area contributed by atoms with E-state index in [1.54, 1.807) is 18.7 Å². The van der Waals surface area contributed by atoms with Gasteiger partial charge in [0.05, 0.1) is 37.5 Å². The van der Waals surface area contributed by atoms with Gasteiger partial charge in [0.2, 0.25) is 0 Å². The standard InChI is InChI=1S/C20H21N3O4/c1-3-26-18(24)16-11-23(10-15-8-6-5-7-9-15)14-20(12-21,13-22)17(16)19(25)27-4-2/h5-9,11,17H,3-4,10,14H2,1-2H3. The van der Waals surface area contributed by atoms with E-state index in [0.29, 0.717) is 6.54 Å². The van der Waals surface area contributed by atoms with Gasteiger partial charge in [0.15, 0.2) is 5.41 Å².